The van der Waals surface area contributed by atoms with Crippen LogP contribution in [-0.2, 0) is 9.59 Å². The molecule has 0 heterocycles. The normalized spacial score (nSPS) is 14.5. The van der Waals surface area contributed by atoms with Crippen molar-refractivity contribution in [3.8, 4) is 0 Å². The standard InChI is InChI=1S/C9H18N2O3/c1-4-5-9(2,8(13)14)11-7(12)6-10-3/h10H,4-6H2,1-3H3,(H,11,12)(H,13,14). The van der Waals surface area contributed by atoms with Crippen LogP contribution >= 0.6 is 0 Å². The van der Waals surface area contributed by atoms with Gasteiger partial charge in [0.15, 0.2) is 0 Å². The third-order valence-corrected chi connectivity index (χ3v) is 1.97. The van der Waals surface area contributed by atoms with Gasteiger partial charge in [-0.3, -0.25) is 4.79 Å². The Morgan fingerprint density at radius 1 is 1.43 bits per heavy atom. The Hall–Kier alpha value is -1.10. The summed E-state index contributed by atoms with van der Waals surface area (Å²) in [5.41, 5.74) is -1.15. The quantitative estimate of drug-likeness (QED) is 0.565. The Labute approximate surface area is 83.9 Å². The monoisotopic (exact) mass is 202 g/mol. The lowest BCUT2D eigenvalue weighted by molar-refractivity contribution is -0.147. The van der Waals surface area contributed by atoms with Crippen molar-refractivity contribution in [3.63, 3.8) is 0 Å². The molecule has 0 aliphatic carbocycles. The highest BCUT2D eigenvalue weighted by Crippen LogP contribution is 2.12. The average Bonchev–Trinajstić information content (AvgIpc) is 2.04. The number of carbonyl (C=O) groups is 2. The zero-order chi connectivity index (χ0) is 11.2. The van der Waals surface area contributed by atoms with E-state index in [1.54, 1.807) is 7.05 Å². The van der Waals surface area contributed by atoms with E-state index in [9.17, 15) is 9.59 Å². The van der Waals surface area contributed by atoms with Gasteiger partial charge < -0.3 is 15.7 Å². The lowest BCUT2D eigenvalue weighted by Crippen LogP contribution is -2.53. The summed E-state index contributed by atoms with van der Waals surface area (Å²) < 4.78 is 0. The molecule has 14 heavy (non-hydrogen) atoms. The fraction of sp³-hybridized carbons (Fsp3) is 0.778. The minimum absolute atomic E-state index is 0.132. The number of nitrogens with one attached hydrogen (secondary N) is 2. The van der Waals surface area contributed by atoms with Gasteiger partial charge in [-0.05, 0) is 20.4 Å². The molecule has 0 bridgehead atoms. The Morgan fingerprint density at radius 2 is 2.00 bits per heavy atom. The van der Waals surface area contributed by atoms with Crippen molar-refractivity contribution in [3.05, 3.63) is 0 Å². The minimum Gasteiger partial charge on any atom is -0.480 e. The molecule has 0 spiro atoms. The van der Waals surface area contributed by atoms with Gasteiger partial charge in [0.1, 0.15) is 5.54 Å². The molecule has 0 rings (SSSR count). The van der Waals surface area contributed by atoms with Crippen LogP contribution in [0.5, 0.6) is 0 Å². The summed E-state index contributed by atoms with van der Waals surface area (Å²) in [6.07, 6.45) is 1.14. The number of likely N-dealkylation sites (N-methyl/N-ethyl adjacent to an activating group) is 1. The van der Waals surface area contributed by atoms with Crippen molar-refractivity contribution in [1.82, 2.24) is 10.6 Å². The highest BCUT2D eigenvalue weighted by Gasteiger charge is 2.33. The predicted octanol–water partition coefficient (Wildman–Crippen LogP) is -0.0346. The first-order valence-electron chi connectivity index (χ1n) is 4.65. The van der Waals surface area contributed by atoms with E-state index in [2.05, 4.69) is 10.6 Å². The fourth-order valence-corrected chi connectivity index (χ4v) is 1.24. The Balaban J connectivity index is 4.36. The van der Waals surface area contributed by atoms with Gasteiger partial charge in [0.05, 0.1) is 6.54 Å². The first-order valence-corrected chi connectivity index (χ1v) is 4.65. The lowest BCUT2D eigenvalue weighted by Gasteiger charge is -2.25. The van der Waals surface area contributed by atoms with Gasteiger partial charge in [-0.1, -0.05) is 13.3 Å². The Bertz CT molecular complexity index is 218. The largest absolute Gasteiger partial charge is 0.480 e. The van der Waals surface area contributed by atoms with Gasteiger partial charge in [-0.15, -0.1) is 0 Å². The van der Waals surface area contributed by atoms with Gasteiger partial charge in [-0.2, -0.15) is 0 Å². The van der Waals surface area contributed by atoms with Gasteiger partial charge >= 0.3 is 5.97 Å². The molecule has 0 aromatic rings. The lowest BCUT2D eigenvalue weighted by atomic mass is 9.96. The van der Waals surface area contributed by atoms with Crippen molar-refractivity contribution < 1.29 is 14.7 Å². The van der Waals surface area contributed by atoms with Gasteiger partial charge in [-0.25, -0.2) is 4.79 Å². The summed E-state index contributed by atoms with van der Waals surface area (Å²) in [4.78, 5) is 22.1. The SMILES string of the molecule is CCCC(C)(NC(=O)CNC)C(=O)O. The Morgan fingerprint density at radius 3 is 2.36 bits per heavy atom. The number of rotatable bonds is 6. The van der Waals surface area contributed by atoms with Crippen molar-refractivity contribution in [2.45, 2.75) is 32.2 Å². The summed E-state index contributed by atoms with van der Waals surface area (Å²) in [5, 5.41) is 14.1. The molecule has 1 amide bonds. The summed E-state index contributed by atoms with van der Waals surface area (Å²) in [6.45, 7) is 3.53. The first-order chi connectivity index (χ1) is 6.46. The van der Waals surface area contributed by atoms with E-state index in [-0.39, 0.29) is 12.5 Å². The van der Waals surface area contributed by atoms with Crippen LogP contribution in [0.25, 0.3) is 0 Å². The second-order valence-corrected chi connectivity index (χ2v) is 3.47. The molecule has 1 atom stereocenters. The van der Waals surface area contributed by atoms with E-state index in [1.165, 1.54) is 6.92 Å². The summed E-state index contributed by atoms with van der Waals surface area (Å²) in [7, 11) is 1.64. The van der Waals surface area contributed by atoms with Gasteiger partial charge in [0.25, 0.3) is 0 Å². The van der Waals surface area contributed by atoms with Gasteiger partial charge in [0.2, 0.25) is 5.91 Å². The number of carboxylic acid groups (broad SMARTS) is 1. The molecule has 0 radical (unpaired) electrons. The molecule has 5 nitrogen and oxygen atoms in total. The van der Waals surface area contributed by atoms with Crippen LogP contribution in [0.3, 0.4) is 0 Å². The number of carbonyl (C=O) groups excluding carboxylic acids is 1. The molecule has 0 fully saturated rings. The number of carboxylic acids is 1. The molecule has 0 aromatic heterocycles. The van der Waals surface area contributed by atoms with Crippen LogP contribution < -0.4 is 10.6 Å². The van der Waals surface area contributed by atoms with E-state index in [4.69, 9.17) is 5.11 Å². The first kappa shape index (κ1) is 12.9. The molecule has 0 saturated carbocycles. The van der Waals surface area contributed by atoms with Crippen molar-refractivity contribution in [2.75, 3.05) is 13.6 Å². The van der Waals surface area contributed by atoms with E-state index in [0.717, 1.165) is 0 Å². The molecule has 5 heteroatoms. The average molecular weight is 202 g/mol. The zero-order valence-corrected chi connectivity index (χ0v) is 8.89. The molecule has 82 valence electrons. The Kier molecular flexibility index (Phi) is 5.15. The van der Waals surface area contributed by atoms with Crippen LogP contribution in [0.4, 0.5) is 0 Å². The molecule has 0 aromatic carbocycles. The molecule has 0 saturated heterocycles. The molecule has 1 unspecified atom stereocenters. The van der Waals surface area contributed by atoms with E-state index in [0.29, 0.717) is 12.8 Å². The third kappa shape index (κ3) is 3.74. The summed E-state index contributed by atoms with van der Waals surface area (Å²) in [6, 6.07) is 0. The maximum Gasteiger partial charge on any atom is 0.329 e. The highest BCUT2D eigenvalue weighted by molar-refractivity contribution is 5.87. The number of aliphatic carboxylic acids is 1. The van der Waals surface area contributed by atoms with Gasteiger partial charge in [0, 0.05) is 0 Å². The topological polar surface area (TPSA) is 78.4 Å². The molecule has 3 N–H and O–H groups in total. The van der Waals surface area contributed by atoms with E-state index in [1.807, 2.05) is 6.92 Å². The van der Waals surface area contributed by atoms with E-state index >= 15 is 0 Å². The summed E-state index contributed by atoms with van der Waals surface area (Å²) in [5.74, 6) is -1.30. The van der Waals surface area contributed by atoms with Crippen LogP contribution in [0.1, 0.15) is 26.7 Å². The predicted molar refractivity (Wildman–Crippen MR) is 53.0 cm³/mol. The molecule has 0 aliphatic rings. The van der Waals surface area contributed by atoms with Crippen LogP contribution in [0, 0.1) is 0 Å². The smallest absolute Gasteiger partial charge is 0.329 e. The minimum atomic E-state index is -1.15. The fourth-order valence-electron chi connectivity index (χ4n) is 1.24. The van der Waals surface area contributed by atoms with Crippen LogP contribution in [0.15, 0.2) is 0 Å². The number of amides is 1. The van der Waals surface area contributed by atoms with Crippen molar-refractivity contribution in [2.24, 2.45) is 0 Å². The van der Waals surface area contributed by atoms with E-state index < -0.39 is 11.5 Å². The van der Waals surface area contributed by atoms with Crippen LogP contribution in [-0.4, -0.2) is 36.1 Å². The maximum absolute atomic E-state index is 11.2. The zero-order valence-electron chi connectivity index (χ0n) is 8.89. The second kappa shape index (κ2) is 5.59. The molecular weight excluding hydrogens is 184 g/mol. The van der Waals surface area contributed by atoms with Crippen LogP contribution in [0.2, 0.25) is 0 Å². The van der Waals surface area contributed by atoms with Crippen molar-refractivity contribution in [1.29, 1.82) is 0 Å². The molecular formula is C9H18N2O3. The highest BCUT2D eigenvalue weighted by atomic mass is 16.4. The number of hydrogen-bond acceptors (Lipinski definition) is 3. The maximum atomic E-state index is 11.2. The van der Waals surface area contributed by atoms with Crippen molar-refractivity contribution >= 4 is 11.9 Å². The number of hydrogen-bond donors (Lipinski definition) is 3. The summed E-state index contributed by atoms with van der Waals surface area (Å²) >= 11 is 0. The molecule has 0 aliphatic heterocycles. The second-order valence-electron chi connectivity index (χ2n) is 3.47. The third-order valence-electron chi connectivity index (χ3n) is 1.97.